The molecule has 0 saturated carbocycles. The van der Waals surface area contributed by atoms with Crippen molar-refractivity contribution in [1.29, 1.82) is 0 Å². The Hall–Kier alpha value is -1.64. The SMILES string of the molecule is CS(=O)(=O)O.CS(=O)(=O)O.O=[N+]([O-])c1ccc(CCO)c(CO)c1. The highest BCUT2D eigenvalue weighted by Gasteiger charge is 2.09. The van der Waals surface area contributed by atoms with Crippen molar-refractivity contribution in [3.05, 3.63) is 39.4 Å². The Morgan fingerprint density at radius 1 is 1.00 bits per heavy atom. The maximum atomic E-state index is 10.4. The van der Waals surface area contributed by atoms with E-state index in [4.69, 9.17) is 19.3 Å². The average molecular weight is 389 g/mol. The summed E-state index contributed by atoms with van der Waals surface area (Å²) in [6, 6.07) is 4.25. The fraction of sp³-hybridized carbons (Fsp3) is 0.455. The molecule has 0 fully saturated rings. The molecule has 24 heavy (non-hydrogen) atoms. The van der Waals surface area contributed by atoms with Crippen molar-refractivity contribution in [3.8, 4) is 0 Å². The average Bonchev–Trinajstić information content (AvgIpc) is 2.35. The van der Waals surface area contributed by atoms with Crippen LogP contribution in [0.4, 0.5) is 5.69 Å². The third-order valence-electron chi connectivity index (χ3n) is 1.95. The van der Waals surface area contributed by atoms with Crippen LogP contribution in [0.3, 0.4) is 0 Å². The molecular formula is C11H19NO10S2. The van der Waals surface area contributed by atoms with E-state index in [9.17, 15) is 26.9 Å². The standard InChI is InChI=1S/C9H11NO4.2CH4O3S/c11-4-3-7-1-2-9(10(13)14)5-8(7)6-12;2*1-5(2,3)4/h1-2,5,11-12H,3-4,6H2;2*1H3,(H,2,3,4). The molecule has 13 heteroatoms. The molecule has 1 aromatic rings. The van der Waals surface area contributed by atoms with E-state index in [1.54, 1.807) is 6.07 Å². The number of rotatable bonds is 4. The third-order valence-corrected chi connectivity index (χ3v) is 1.95. The van der Waals surface area contributed by atoms with Crippen molar-refractivity contribution in [1.82, 2.24) is 0 Å². The van der Waals surface area contributed by atoms with Gasteiger partial charge in [0.1, 0.15) is 0 Å². The first-order valence-electron chi connectivity index (χ1n) is 6.01. The van der Waals surface area contributed by atoms with E-state index in [1.807, 2.05) is 0 Å². The Kier molecular flexibility index (Phi) is 11.3. The monoisotopic (exact) mass is 389 g/mol. The molecule has 0 aromatic heterocycles. The van der Waals surface area contributed by atoms with E-state index in [0.29, 0.717) is 24.5 Å². The van der Waals surface area contributed by atoms with Crippen LogP contribution in [0.2, 0.25) is 0 Å². The number of aliphatic hydroxyl groups is 2. The Bertz CT molecular complexity index is 681. The van der Waals surface area contributed by atoms with Gasteiger partial charge in [0.25, 0.3) is 25.9 Å². The van der Waals surface area contributed by atoms with Gasteiger partial charge in [-0.05, 0) is 17.5 Å². The van der Waals surface area contributed by atoms with Crippen LogP contribution in [0.15, 0.2) is 18.2 Å². The summed E-state index contributed by atoms with van der Waals surface area (Å²) >= 11 is 0. The molecule has 1 rings (SSSR count). The maximum Gasteiger partial charge on any atom is 0.269 e. The zero-order chi connectivity index (χ0) is 19.6. The molecule has 0 aliphatic carbocycles. The van der Waals surface area contributed by atoms with Crippen molar-refractivity contribution in [2.45, 2.75) is 13.0 Å². The second-order valence-electron chi connectivity index (χ2n) is 4.31. The van der Waals surface area contributed by atoms with Gasteiger partial charge < -0.3 is 10.2 Å². The number of nitro groups is 1. The number of hydrogen-bond donors (Lipinski definition) is 4. The first-order valence-corrected chi connectivity index (χ1v) is 9.71. The van der Waals surface area contributed by atoms with E-state index in [-0.39, 0.29) is 18.9 Å². The summed E-state index contributed by atoms with van der Waals surface area (Å²) in [6.45, 7) is -0.290. The van der Waals surface area contributed by atoms with Crippen LogP contribution >= 0.6 is 0 Å². The number of nitrogens with zero attached hydrogens (tertiary/aromatic N) is 1. The van der Waals surface area contributed by atoms with Crippen LogP contribution in [-0.2, 0) is 33.3 Å². The molecule has 0 amide bonds. The fourth-order valence-corrected chi connectivity index (χ4v) is 1.24. The fourth-order valence-electron chi connectivity index (χ4n) is 1.24. The predicted molar refractivity (Wildman–Crippen MR) is 84.8 cm³/mol. The molecule has 4 N–H and O–H groups in total. The van der Waals surface area contributed by atoms with Crippen LogP contribution in [0.1, 0.15) is 11.1 Å². The van der Waals surface area contributed by atoms with E-state index >= 15 is 0 Å². The summed E-state index contributed by atoms with van der Waals surface area (Å²) < 4.78 is 51.7. The highest BCUT2D eigenvalue weighted by atomic mass is 32.2. The van der Waals surface area contributed by atoms with Gasteiger partial charge in [0.05, 0.1) is 24.0 Å². The maximum absolute atomic E-state index is 10.4. The molecule has 0 heterocycles. The van der Waals surface area contributed by atoms with Crippen molar-refractivity contribution in [3.63, 3.8) is 0 Å². The van der Waals surface area contributed by atoms with Gasteiger partial charge in [0.15, 0.2) is 0 Å². The molecule has 140 valence electrons. The Balaban J connectivity index is 0. The second kappa shape index (κ2) is 11.0. The van der Waals surface area contributed by atoms with Crippen LogP contribution in [0.25, 0.3) is 0 Å². The van der Waals surface area contributed by atoms with Gasteiger partial charge in [-0.1, -0.05) is 6.07 Å². The molecule has 0 unspecified atom stereocenters. The van der Waals surface area contributed by atoms with Crippen molar-refractivity contribution in [2.75, 3.05) is 19.1 Å². The van der Waals surface area contributed by atoms with E-state index in [0.717, 1.165) is 5.56 Å². The van der Waals surface area contributed by atoms with Crippen LogP contribution in [0.5, 0.6) is 0 Å². The lowest BCUT2D eigenvalue weighted by atomic mass is 10.0. The summed E-state index contributed by atoms with van der Waals surface area (Å²) in [5.74, 6) is 0. The summed E-state index contributed by atoms with van der Waals surface area (Å²) in [4.78, 5) is 9.90. The molecular weight excluding hydrogens is 370 g/mol. The van der Waals surface area contributed by atoms with Crippen molar-refractivity contribution >= 4 is 25.9 Å². The Labute approximate surface area is 139 Å². The first-order chi connectivity index (χ1) is 10.7. The predicted octanol–water partition coefficient (Wildman–Crippen LogP) is -0.370. The van der Waals surface area contributed by atoms with Gasteiger partial charge >= 0.3 is 0 Å². The minimum absolute atomic E-state index is 0.0369. The van der Waals surface area contributed by atoms with Gasteiger partial charge in [0.2, 0.25) is 0 Å². The molecule has 0 saturated heterocycles. The van der Waals surface area contributed by atoms with Gasteiger partial charge in [-0.2, -0.15) is 16.8 Å². The quantitative estimate of drug-likeness (QED) is 0.300. The van der Waals surface area contributed by atoms with Crippen LogP contribution < -0.4 is 0 Å². The largest absolute Gasteiger partial charge is 0.396 e. The number of benzene rings is 1. The number of non-ortho nitro benzene ring substituents is 1. The highest BCUT2D eigenvalue weighted by molar-refractivity contribution is 7.85. The van der Waals surface area contributed by atoms with Crippen LogP contribution in [-0.4, -0.2) is 60.2 Å². The van der Waals surface area contributed by atoms with E-state index in [1.165, 1.54) is 12.1 Å². The smallest absolute Gasteiger partial charge is 0.269 e. The lowest BCUT2D eigenvalue weighted by molar-refractivity contribution is -0.385. The zero-order valence-electron chi connectivity index (χ0n) is 12.9. The summed E-state index contributed by atoms with van der Waals surface area (Å²) in [7, 11) is -7.33. The molecule has 0 spiro atoms. The highest BCUT2D eigenvalue weighted by Crippen LogP contribution is 2.18. The van der Waals surface area contributed by atoms with Gasteiger partial charge in [-0.3, -0.25) is 19.2 Å². The van der Waals surface area contributed by atoms with Crippen LogP contribution in [0, 0.1) is 10.1 Å². The number of aliphatic hydroxyl groups excluding tert-OH is 2. The molecule has 0 radical (unpaired) electrons. The van der Waals surface area contributed by atoms with Crippen molar-refractivity contribution in [2.24, 2.45) is 0 Å². The first kappa shape index (κ1) is 24.6. The van der Waals surface area contributed by atoms with Crippen molar-refractivity contribution < 1.29 is 41.1 Å². The number of hydrogen-bond acceptors (Lipinski definition) is 8. The third kappa shape index (κ3) is 18.4. The van der Waals surface area contributed by atoms with Gasteiger partial charge in [-0.25, -0.2) is 0 Å². The minimum Gasteiger partial charge on any atom is -0.396 e. The van der Waals surface area contributed by atoms with Gasteiger partial charge in [-0.15, -0.1) is 0 Å². The lowest BCUT2D eigenvalue weighted by Gasteiger charge is -2.04. The molecule has 0 aliphatic heterocycles. The lowest BCUT2D eigenvalue weighted by Crippen LogP contribution is -1.99. The molecule has 0 atom stereocenters. The number of nitro benzene ring substituents is 1. The molecule has 0 aliphatic rings. The van der Waals surface area contributed by atoms with E-state index < -0.39 is 25.2 Å². The zero-order valence-corrected chi connectivity index (χ0v) is 14.5. The summed E-state index contributed by atoms with van der Waals surface area (Å²) in [5, 5.41) is 28.1. The molecule has 0 bridgehead atoms. The molecule has 1 aromatic carbocycles. The Morgan fingerprint density at radius 3 is 1.71 bits per heavy atom. The Morgan fingerprint density at radius 2 is 1.42 bits per heavy atom. The van der Waals surface area contributed by atoms with E-state index in [2.05, 4.69) is 0 Å². The topological polar surface area (TPSA) is 192 Å². The summed E-state index contributed by atoms with van der Waals surface area (Å²) in [6.07, 6.45) is 1.83. The normalized spacial score (nSPS) is 10.8. The summed E-state index contributed by atoms with van der Waals surface area (Å²) in [5.41, 5.74) is 1.18. The van der Waals surface area contributed by atoms with Gasteiger partial charge in [0, 0.05) is 18.7 Å². The molecule has 11 nitrogen and oxygen atoms in total. The minimum atomic E-state index is -3.67. The second-order valence-corrected chi connectivity index (χ2v) is 7.24.